The van der Waals surface area contributed by atoms with Crippen molar-refractivity contribution in [1.82, 2.24) is 0 Å². The number of rotatable bonds is 30. The predicted octanol–water partition coefficient (Wildman–Crippen LogP) is 10.6. The molecular formula is C28H60O7P2. The molecule has 0 radical (unpaired) electrons. The van der Waals surface area contributed by atoms with Crippen LogP contribution < -0.4 is 0 Å². The lowest BCUT2D eigenvalue weighted by atomic mass is 10.1. The second-order valence-corrected chi connectivity index (χ2v) is 13.5. The van der Waals surface area contributed by atoms with Gasteiger partial charge in [-0.2, -0.15) is 4.31 Å². The smallest absolute Gasteiger partial charge is 0.302 e. The number of hydrogen-bond donors (Lipinski definition) is 2. The summed E-state index contributed by atoms with van der Waals surface area (Å²) in [6, 6.07) is 0. The summed E-state index contributed by atoms with van der Waals surface area (Å²) in [4.78, 5) is 18.2. The van der Waals surface area contributed by atoms with Crippen LogP contribution in [0.15, 0.2) is 0 Å². The number of phosphoric acid groups is 2. The predicted molar refractivity (Wildman–Crippen MR) is 155 cm³/mol. The molecule has 0 saturated carbocycles. The lowest BCUT2D eigenvalue weighted by molar-refractivity contribution is 0.136. The molecule has 7 nitrogen and oxygen atoms in total. The number of hydrogen-bond acceptors (Lipinski definition) is 5. The van der Waals surface area contributed by atoms with Crippen molar-refractivity contribution in [2.45, 2.75) is 168 Å². The summed E-state index contributed by atoms with van der Waals surface area (Å²) in [6.07, 6.45) is 28.6. The van der Waals surface area contributed by atoms with Gasteiger partial charge in [0.1, 0.15) is 0 Å². The van der Waals surface area contributed by atoms with E-state index in [0.29, 0.717) is 12.8 Å². The van der Waals surface area contributed by atoms with E-state index in [4.69, 9.17) is 18.8 Å². The molecule has 224 valence electrons. The van der Waals surface area contributed by atoms with Crippen LogP contribution in [0.1, 0.15) is 168 Å². The van der Waals surface area contributed by atoms with Crippen LogP contribution in [0.25, 0.3) is 0 Å². The summed E-state index contributed by atoms with van der Waals surface area (Å²) in [5, 5.41) is 0. The highest BCUT2D eigenvalue weighted by atomic mass is 31.3. The van der Waals surface area contributed by atoms with E-state index >= 15 is 0 Å². The topological polar surface area (TPSA) is 102 Å². The van der Waals surface area contributed by atoms with Gasteiger partial charge in [0.05, 0.1) is 13.2 Å². The molecule has 0 aliphatic heterocycles. The summed E-state index contributed by atoms with van der Waals surface area (Å²) >= 11 is 0. The van der Waals surface area contributed by atoms with E-state index in [2.05, 4.69) is 18.2 Å². The van der Waals surface area contributed by atoms with Crippen LogP contribution in [0.2, 0.25) is 0 Å². The van der Waals surface area contributed by atoms with Crippen molar-refractivity contribution >= 4 is 15.6 Å². The molecule has 0 saturated heterocycles. The molecule has 0 aliphatic rings. The summed E-state index contributed by atoms with van der Waals surface area (Å²) in [5.74, 6) is 0. The van der Waals surface area contributed by atoms with Crippen molar-refractivity contribution in [2.24, 2.45) is 0 Å². The van der Waals surface area contributed by atoms with E-state index in [1.807, 2.05) is 0 Å². The second kappa shape index (κ2) is 26.5. The Labute approximate surface area is 229 Å². The Morgan fingerprint density at radius 3 is 0.919 bits per heavy atom. The normalized spacial score (nSPS) is 12.4. The molecule has 0 aromatic heterocycles. The van der Waals surface area contributed by atoms with Gasteiger partial charge in [-0.15, -0.1) is 0 Å². The fourth-order valence-electron chi connectivity index (χ4n) is 4.45. The van der Waals surface area contributed by atoms with E-state index in [-0.39, 0.29) is 13.2 Å². The van der Waals surface area contributed by atoms with Gasteiger partial charge in [-0.1, -0.05) is 155 Å². The van der Waals surface area contributed by atoms with Crippen LogP contribution in [0.4, 0.5) is 0 Å². The monoisotopic (exact) mass is 570 g/mol. The van der Waals surface area contributed by atoms with Gasteiger partial charge in [0.15, 0.2) is 0 Å². The van der Waals surface area contributed by atoms with E-state index in [1.54, 1.807) is 0 Å². The first-order chi connectivity index (χ1) is 17.8. The van der Waals surface area contributed by atoms with E-state index < -0.39 is 15.6 Å². The highest BCUT2D eigenvalue weighted by Crippen LogP contribution is 2.61. The zero-order valence-corrected chi connectivity index (χ0v) is 26.0. The van der Waals surface area contributed by atoms with Gasteiger partial charge in [0, 0.05) is 0 Å². The first-order valence-corrected chi connectivity index (χ1v) is 18.5. The maximum Gasteiger partial charge on any atom is 0.483 e. The minimum Gasteiger partial charge on any atom is -0.302 e. The van der Waals surface area contributed by atoms with Crippen LogP contribution in [0.5, 0.6) is 0 Å². The molecule has 0 atom stereocenters. The molecule has 0 aromatic rings. The SMILES string of the molecule is CCCCCCCCCCCCCCOP(=O)(OCCCCCCCCCCCCCC)OP(=O)(O)O. The van der Waals surface area contributed by atoms with Gasteiger partial charge in [-0.25, -0.2) is 9.13 Å². The van der Waals surface area contributed by atoms with Gasteiger partial charge in [0.2, 0.25) is 0 Å². The van der Waals surface area contributed by atoms with Gasteiger partial charge in [-0.3, -0.25) is 9.05 Å². The van der Waals surface area contributed by atoms with Crippen molar-refractivity contribution in [1.29, 1.82) is 0 Å². The molecule has 0 amide bonds. The molecule has 2 N–H and O–H groups in total. The number of phosphoric ester groups is 1. The molecule has 0 rings (SSSR count). The molecule has 0 aliphatic carbocycles. The maximum absolute atomic E-state index is 12.7. The van der Waals surface area contributed by atoms with Gasteiger partial charge in [0.25, 0.3) is 0 Å². The Morgan fingerprint density at radius 2 is 0.676 bits per heavy atom. The zero-order valence-electron chi connectivity index (χ0n) is 24.2. The van der Waals surface area contributed by atoms with Gasteiger partial charge in [-0.05, 0) is 12.8 Å². The minimum atomic E-state index is -4.97. The van der Waals surface area contributed by atoms with E-state index in [0.717, 1.165) is 25.7 Å². The fraction of sp³-hybridized carbons (Fsp3) is 1.00. The summed E-state index contributed by atoms with van der Waals surface area (Å²) in [6.45, 7) is 4.68. The van der Waals surface area contributed by atoms with Crippen LogP contribution in [-0.4, -0.2) is 23.0 Å². The Kier molecular flexibility index (Phi) is 26.7. The quantitative estimate of drug-likeness (QED) is 0.0654. The Hall–Kier alpha value is 0.260. The Morgan fingerprint density at radius 1 is 0.432 bits per heavy atom. The molecular weight excluding hydrogens is 510 g/mol. The van der Waals surface area contributed by atoms with Crippen molar-refractivity contribution < 1.29 is 32.3 Å². The average Bonchev–Trinajstić information content (AvgIpc) is 2.84. The molecule has 9 heteroatoms. The molecule has 0 unspecified atom stereocenters. The van der Waals surface area contributed by atoms with Crippen molar-refractivity contribution in [2.75, 3.05) is 13.2 Å². The molecule has 0 spiro atoms. The highest BCUT2D eigenvalue weighted by Gasteiger charge is 2.35. The first-order valence-electron chi connectivity index (χ1n) is 15.5. The van der Waals surface area contributed by atoms with Crippen molar-refractivity contribution in [3.63, 3.8) is 0 Å². The van der Waals surface area contributed by atoms with Crippen LogP contribution in [-0.2, 0) is 22.5 Å². The molecule has 0 fully saturated rings. The summed E-state index contributed by atoms with van der Waals surface area (Å²) in [5.41, 5.74) is 0. The lowest BCUT2D eigenvalue weighted by Gasteiger charge is -2.18. The number of unbranched alkanes of at least 4 members (excludes halogenated alkanes) is 22. The average molecular weight is 571 g/mol. The highest BCUT2D eigenvalue weighted by molar-refractivity contribution is 7.61. The third-order valence-electron chi connectivity index (χ3n) is 6.70. The Balaban J connectivity index is 3.81. The van der Waals surface area contributed by atoms with Crippen LogP contribution in [0.3, 0.4) is 0 Å². The van der Waals surface area contributed by atoms with Crippen LogP contribution in [0, 0.1) is 0 Å². The maximum atomic E-state index is 12.7. The minimum absolute atomic E-state index is 0.104. The standard InChI is InChI=1S/C28H60O7P2/c1-3-5-7-9-11-13-15-17-19-21-23-25-27-33-37(32,35-36(29,30)31)34-28-26-24-22-20-18-16-14-12-10-8-6-4-2/h3-28H2,1-2H3,(H2,29,30,31). The zero-order chi connectivity index (χ0) is 27.5. The van der Waals surface area contributed by atoms with E-state index in [9.17, 15) is 9.13 Å². The largest absolute Gasteiger partial charge is 0.483 e. The second-order valence-electron chi connectivity index (χ2n) is 10.5. The summed E-state index contributed by atoms with van der Waals surface area (Å²) in [7, 11) is -9.24. The molecule has 37 heavy (non-hydrogen) atoms. The molecule has 0 bridgehead atoms. The molecule has 0 heterocycles. The first kappa shape index (κ1) is 37.3. The van der Waals surface area contributed by atoms with Crippen LogP contribution >= 0.6 is 15.6 Å². The molecule has 0 aromatic carbocycles. The third-order valence-corrected chi connectivity index (χ3v) is 9.35. The van der Waals surface area contributed by atoms with Gasteiger partial charge < -0.3 is 9.79 Å². The third kappa shape index (κ3) is 29.1. The van der Waals surface area contributed by atoms with E-state index in [1.165, 1.54) is 116 Å². The summed E-state index contributed by atoms with van der Waals surface area (Å²) < 4.78 is 38.8. The Bertz CT molecular complexity index is 535. The lowest BCUT2D eigenvalue weighted by Crippen LogP contribution is -2.02. The van der Waals surface area contributed by atoms with Crippen molar-refractivity contribution in [3.05, 3.63) is 0 Å². The van der Waals surface area contributed by atoms with Gasteiger partial charge >= 0.3 is 15.6 Å². The fourth-order valence-corrected chi connectivity index (χ4v) is 6.65. The van der Waals surface area contributed by atoms with Crippen molar-refractivity contribution in [3.8, 4) is 0 Å².